The molecule has 0 radical (unpaired) electrons. The minimum atomic E-state index is -0.701. The highest BCUT2D eigenvalue weighted by Crippen LogP contribution is 2.14. The fraction of sp³-hybridized carbons (Fsp3) is 0.267. The first kappa shape index (κ1) is 16.2. The molecule has 0 aliphatic heterocycles. The van der Waals surface area contributed by atoms with Crippen LogP contribution in [-0.4, -0.2) is 19.0 Å². The quantitative estimate of drug-likeness (QED) is 0.476. The zero-order valence-electron chi connectivity index (χ0n) is 12.0. The molecular weight excluding hydrogens is 270 g/mol. The van der Waals surface area contributed by atoms with E-state index < -0.39 is 5.97 Å². The van der Waals surface area contributed by atoms with Gasteiger partial charge in [-0.3, -0.25) is 4.79 Å². The van der Waals surface area contributed by atoms with Crippen molar-refractivity contribution >= 4 is 23.3 Å². The summed E-state index contributed by atoms with van der Waals surface area (Å²) in [5.41, 5.74) is 1.24. The largest absolute Gasteiger partial charge is 0.465 e. The summed E-state index contributed by atoms with van der Waals surface area (Å²) in [4.78, 5) is 22.6. The van der Waals surface area contributed by atoms with Gasteiger partial charge >= 0.3 is 5.97 Å². The van der Waals surface area contributed by atoms with Gasteiger partial charge in [-0.1, -0.05) is 6.92 Å². The first-order valence-corrected chi connectivity index (χ1v) is 6.45. The van der Waals surface area contributed by atoms with E-state index in [1.807, 2.05) is 6.92 Å². The Bertz CT molecular complexity index is 571. The average Bonchev–Trinajstić information content (AvgIpc) is 2.49. The second kappa shape index (κ2) is 8.38. The van der Waals surface area contributed by atoms with Gasteiger partial charge in [0.05, 0.1) is 7.11 Å². The van der Waals surface area contributed by atoms with Gasteiger partial charge in [-0.05, 0) is 30.7 Å². The van der Waals surface area contributed by atoms with E-state index in [1.165, 1.54) is 13.3 Å². The summed E-state index contributed by atoms with van der Waals surface area (Å²) >= 11 is 0. The highest BCUT2D eigenvalue weighted by molar-refractivity contribution is 5.93. The number of amides is 1. The summed E-state index contributed by atoms with van der Waals surface area (Å²) in [5, 5.41) is 14.4. The Hall–Kier alpha value is -2.81. The molecule has 0 aliphatic rings. The van der Waals surface area contributed by atoms with Crippen molar-refractivity contribution in [1.82, 2.24) is 0 Å². The molecular formula is C15H17N3O3. The van der Waals surface area contributed by atoms with E-state index in [2.05, 4.69) is 15.4 Å². The number of nitrogens with one attached hydrogen (secondary N) is 2. The average molecular weight is 287 g/mol. The van der Waals surface area contributed by atoms with Gasteiger partial charge in [-0.15, -0.1) is 0 Å². The van der Waals surface area contributed by atoms with Gasteiger partial charge in [0, 0.05) is 24.0 Å². The molecule has 0 aromatic heterocycles. The number of nitrogens with zero attached hydrogens (tertiary/aromatic N) is 1. The molecule has 1 amide bonds. The lowest BCUT2D eigenvalue weighted by atomic mass is 10.2. The monoisotopic (exact) mass is 287 g/mol. The van der Waals surface area contributed by atoms with Crippen molar-refractivity contribution < 1.29 is 14.3 Å². The van der Waals surface area contributed by atoms with E-state index >= 15 is 0 Å². The topological polar surface area (TPSA) is 91.2 Å². The zero-order chi connectivity index (χ0) is 15.7. The van der Waals surface area contributed by atoms with Gasteiger partial charge in [-0.2, -0.15) is 5.26 Å². The molecule has 6 heteroatoms. The van der Waals surface area contributed by atoms with Crippen LogP contribution in [0.2, 0.25) is 0 Å². The van der Waals surface area contributed by atoms with Crippen molar-refractivity contribution in [3.05, 3.63) is 36.0 Å². The Balaban J connectivity index is 2.67. The number of esters is 1. The summed E-state index contributed by atoms with van der Waals surface area (Å²) in [6.07, 6.45) is 2.55. The number of anilines is 2. The second-order valence-electron chi connectivity index (χ2n) is 4.18. The number of carbonyl (C=O) groups is 2. The first-order chi connectivity index (χ1) is 10.1. The van der Waals surface area contributed by atoms with Crippen molar-refractivity contribution in [1.29, 1.82) is 5.26 Å². The van der Waals surface area contributed by atoms with E-state index in [4.69, 9.17) is 5.26 Å². The summed E-state index contributed by atoms with van der Waals surface area (Å²) in [6.45, 7) is 1.94. The van der Waals surface area contributed by atoms with E-state index in [1.54, 1.807) is 30.3 Å². The van der Waals surface area contributed by atoms with Gasteiger partial charge in [0.2, 0.25) is 5.91 Å². The third-order valence-corrected chi connectivity index (χ3v) is 2.55. The Kier molecular flexibility index (Phi) is 6.48. The summed E-state index contributed by atoms with van der Waals surface area (Å²) < 4.78 is 4.46. The van der Waals surface area contributed by atoms with Crippen LogP contribution in [-0.2, 0) is 14.3 Å². The van der Waals surface area contributed by atoms with Crippen LogP contribution in [0, 0.1) is 11.3 Å². The van der Waals surface area contributed by atoms with Crippen molar-refractivity contribution in [2.75, 3.05) is 17.7 Å². The van der Waals surface area contributed by atoms with E-state index in [-0.39, 0.29) is 11.5 Å². The Labute approximate surface area is 123 Å². The van der Waals surface area contributed by atoms with Gasteiger partial charge in [-0.25, -0.2) is 4.79 Å². The van der Waals surface area contributed by atoms with Crippen molar-refractivity contribution in [3.63, 3.8) is 0 Å². The van der Waals surface area contributed by atoms with Crippen molar-refractivity contribution in [3.8, 4) is 6.07 Å². The van der Waals surface area contributed by atoms with Crippen molar-refractivity contribution in [2.45, 2.75) is 19.8 Å². The minimum absolute atomic E-state index is 0.0319. The van der Waals surface area contributed by atoms with Crippen LogP contribution in [0.25, 0.3) is 0 Å². The maximum absolute atomic E-state index is 11.4. The van der Waals surface area contributed by atoms with Crippen LogP contribution in [0.3, 0.4) is 0 Å². The minimum Gasteiger partial charge on any atom is -0.465 e. The van der Waals surface area contributed by atoms with Gasteiger partial charge in [0.25, 0.3) is 0 Å². The normalized spacial score (nSPS) is 10.4. The lowest BCUT2D eigenvalue weighted by Gasteiger charge is -2.06. The molecule has 1 rings (SSSR count). The van der Waals surface area contributed by atoms with E-state index in [0.717, 1.165) is 6.42 Å². The smallest absolute Gasteiger partial charge is 0.350 e. The molecule has 0 spiro atoms. The molecule has 2 N–H and O–H groups in total. The lowest BCUT2D eigenvalue weighted by molar-refractivity contribution is -0.135. The standard InChI is InChI=1S/C15H17N3O3/c1-3-4-14(19)18-13-7-5-12(6-8-13)17-10-11(9-16)15(20)21-2/h5-8,10,17H,3-4H2,1-2H3,(H,18,19)/b11-10+. The van der Waals surface area contributed by atoms with Crippen LogP contribution in [0.5, 0.6) is 0 Å². The maximum Gasteiger partial charge on any atom is 0.350 e. The molecule has 0 saturated heterocycles. The molecule has 1 aromatic rings. The zero-order valence-corrected chi connectivity index (χ0v) is 12.0. The number of methoxy groups -OCH3 is 1. The number of ether oxygens (including phenoxy) is 1. The van der Waals surface area contributed by atoms with Crippen LogP contribution >= 0.6 is 0 Å². The van der Waals surface area contributed by atoms with Crippen LogP contribution < -0.4 is 10.6 Å². The van der Waals surface area contributed by atoms with E-state index in [9.17, 15) is 9.59 Å². The third kappa shape index (κ3) is 5.37. The van der Waals surface area contributed by atoms with E-state index in [0.29, 0.717) is 17.8 Å². The molecule has 0 aliphatic carbocycles. The summed E-state index contributed by atoms with van der Waals surface area (Å²) in [6, 6.07) is 8.65. The Morgan fingerprint density at radius 1 is 1.29 bits per heavy atom. The van der Waals surface area contributed by atoms with Crippen molar-refractivity contribution in [2.24, 2.45) is 0 Å². The molecule has 1 aromatic carbocycles. The Morgan fingerprint density at radius 3 is 2.43 bits per heavy atom. The molecule has 0 heterocycles. The number of hydrogen-bond acceptors (Lipinski definition) is 5. The summed E-state index contributed by atoms with van der Waals surface area (Å²) in [5.74, 6) is -0.732. The molecule has 21 heavy (non-hydrogen) atoms. The highest BCUT2D eigenvalue weighted by atomic mass is 16.5. The number of benzene rings is 1. The summed E-state index contributed by atoms with van der Waals surface area (Å²) in [7, 11) is 1.21. The van der Waals surface area contributed by atoms with Gasteiger partial charge in [0.15, 0.2) is 5.57 Å². The highest BCUT2D eigenvalue weighted by Gasteiger charge is 2.07. The van der Waals surface area contributed by atoms with Crippen LogP contribution in [0.15, 0.2) is 36.0 Å². The Morgan fingerprint density at radius 2 is 1.90 bits per heavy atom. The molecule has 0 saturated carbocycles. The third-order valence-electron chi connectivity index (χ3n) is 2.55. The van der Waals surface area contributed by atoms with Crippen LogP contribution in [0.1, 0.15) is 19.8 Å². The van der Waals surface area contributed by atoms with Crippen LogP contribution in [0.4, 0.5) is 11.4 Å². The maximum atomic E-state index is 11.4. The molecule has 0 fully saturated rings. The predicted molar refractivity (Wildman–Crippen MR) is 79.3 cm³/mol. The van der Waals surface area contributed by atoms with Gasteiger partial charge < -0.3 is 15.4 Å². The molecule has 0 bridgehead atoms. The SMILES string of the molecule is CCCC(=O)Nc1ccc(N/C=C(\C#N)C(=O)OC)cc1. The fourth-order valence-corrected chi connectivity index (χ4v) is 1.50. The number of rotatable bonds is 6. The molecule has 0 atom stereocenters. The molecule has 6 nitrogen and oxygen atoms in total. The number of hydrogen-bond donors (Lipinski definition) is 2. The predicted octanol–water partition coefficient (Wildman–Crippen LogP) is 2.42. The molecule has 110 valence electrons. The number of carbonyl (C=O) groups excluding carboxylic acids is 2. The first-order valence-electron chi connectivity index (χ1n) is 6.45. The lowest BCUT2D eigenvalue weighted by Crippen LogP contribution is -2.10. The second-order valence-corrected chi connectivity index (χ2v) is 4.18. The molecule has 0 unspecified atom stereocenters. The fourth-order valence-electron chi connectivity index (χ4n) is 1.50. The number of nitriles is 1. The van der Waals surface area contributed by atoms with Gasteiger partial charge in [0.1, 0.15) is 6.07 Å².